The number of hydrogen-bond acceptors (Lipinski definition) is 4. The summed E-state index contributed by atoms with van der Waals surface area (Å²) in [6.45, 7) is 0.873. The second kappa shape index (κ2) is 4.61. The highest BCUT2D eigenvalue weighted by Crippen LogP contribution is 2.40. The lowest BCUT2D eigenvalue weighted by Crippen LogP contribution is -2.42. The standard InChI is InChI=1S/C13H19N3O/c1-2-5-13(4-1)9-11(3-8-17-13)16-12-10-14-6-7-15-12/h6-7,10-11H,1-5,8-9H2,(H,15,16)/t11-/m0/s1. The van der Waals surface area contributed by atoms with E-state index in [1.165, 1.54) is 25.7 Å². The van der Waals surface area contributed by atoms with Gasteiger partial charge in [0.15, 0.2) is 0 Å². The molecule has 1 atom stereocenters. The van der Waals surface area contributed by atoms with E-state index in [9.17, 15) is 0 Å². The molecule has 2 aliphatic rings. The molecule has 0 radical (unpaired) electrons. The average molecular weight is 233 g/mol. The van der Waals surface area contributed by atoms with Crippen molar-refractivity contribution in [2.75, 3.05) is 11.9 Å². The first-order valence-corrected chi connectivity index (χ1v) is 6.53. The molecule has 0 bridgehead atoms. The minimum atomic E-state index is 0.165. The summed E-state index contributed by atoms with van der Waals surface area (Å²) >= 11 is 0. The Morgan fingerprint density at radius 2 is 2.18 bits per heavy atom. The van der Waals surface area contributed by atoms with Gasteiger partial charge in [-0.3, -0.25) is 4.98 Å². The third-order valence-electron chi connectivity index (χ3n) is 3.92. The second-order valence-electron chi connectivity index (χ2n) is 5.16. The van der Waals surface area contributed by atoms with Crippen molar-refractivity contribution in [3.63, 3.8) is 0 Å². The molecule has 1 saturated heterocycles. The van der Waals surface area contributed by atoms with E-state index < -0.39 is 0 Å². The Kier molecular flexibility index (Phi) is 2.97. The van der Waals surface area contributed by atoms with Gasteiger partial charge in [0.25, 0.3) is 0 Å². The van der Waals surface area contributed by atoms with Crippen LogP contribution >= 0.6 is 0 Å². The number of anilines is 1. The molecule has 2 heterocycles. The first-order chi connectivity index (χ1) is 8.36. The Labute approximate surface area is 102 Å². The highest BCUT2D eigenvalue weighted by atomic mass is 16.5. The third kappa shape index (κ3) is 2.41. The van der Waals surface area contributed by atoms with E-state index in [1.807, 2.05) is 0 Å². The normalized spacial score (nSPS) is 27.2. The molecule has 1 aliphatic carbocycles. The predicted molar refractivity (Wildman–Crippen MR) is 65.8 cm³/mol. The Morgan fingerprint density at radius 1 is 1.29 bits per heavy atom. The molecule has 4 nitrogen and oxygen atoms in total. The molecule has 1 aromatic rings. The molecule has 3 rings (SSSR count). The van der Waals surface area contributed by atoms with E-state index in [-0.39, 0.29) is 5.60 Å². The molecule has 92 valence electrons. The number of rotatable bonds is 2. The highest BCUT2D eigenvalue weighted by Gasteiger charge is 2.39. The fraction of sp³-hybridized carbons (Fsp3) is 0.692. The van der Waals surface area contributed by atoms with Crippen molar-refractivity contribution in [2.24, 2.45) is 0 Å². The highest BCUT2D eigenvalue weighted by molar-refractivity contribution is 5.31. The molecular formula is C13H19N3O. The Morgan fingerprint density at radius 3 is 2.94 bits per heavy atom. The molecular weight excluding hydrogens is 214 g/mol. The van der Waals surface area contributed by atoms with Gasteiger partial charge < -0.3 is 10.1 Å². The van der Waals surface area contributed by atoms with E-state index in [0.717, 1.165) is 25.3 Å². The van der Waals surface area contributed by atoms with Gasteiger partial charge in [-0.1, -0.05) is 12.8 Å². The van der Waals surface area contributed by atoms with Crippen LogP contribution in [0.15, 0.2) is 18.6 Å². The first kappa shape index (κ1) is 11.0. The summed E-state index contributed by atoms with van der Waals surface area (Å²) in [6, 6.07) is 0.485. The summed E-state index contributed by atoms with van der Waals surface area (Å²) in [6.07, 6.45) is 12.5. The van der Waals surface area contributed by atoms with Gasteiger partial charge in [0.1, 0.15) is 5.82 Å². The van der Waals surface area contributed by atoms with Crippen LogP contribution in [-0.4, -0.2) is 28.2 Å². The number of nitrogens with one attached hydrogen (secondary N) is 1. The van der Waals surface area contributed by atoms with Crippen LogP contribution in [-0.2, 0) is 4.74 Å². The minimum Gasteiger partial charge on any atom is -0.375 e. The molecule has 0 aromatic carbocycles. The minimum absolute atomic E-state index is 0.165. The third-order valence-corrected chi connectivity index (χ3v) is 3.92. The average Bonchev–Trinajstić information content (AvgIpc) is 2.79. The number of ether oxygens (including phenoxy) is 1. The maximum atomic E-state index is 6.02. The van der Waals surface area contributed by atoms with Gasteiger partial charge >= 0.3 is 0 Å². The molecule has 4 heteroatoms. The summed E-state index contributed by atoms with van der Waals surface area (Å²) in [5.41, 5.74) is 0.165. The fourth-order valence-electron chi connectivity index (χ4n) is 3.10. The lowest BCUT2D eigenvalue weighted by molar-refractivity contribution is -0.0767. The lowest BCUT2D eigenvalue weighted by Gasteiger charge is -2.38. The fourth-order valence-corrected chi connectivity index (χ4v) is 3.10. The Hall–Kier alpha value is -1.16. The van der Waals surface area contributed by atoms with Gasteiger partial charge in [0.05, 0.1) is 11.8 Å². The first-order valence-electron chi connectivity index (χ1n) is 6.53. The van der Waals surface area contributed by atoms with Gasteiger partial charge in [0.2, 0.25) is 0 Å². The quantitative estimate of drug-likeness (QED) is 0.852. The zero-order valence-corrected chi connectivity index (χ0v) is 10.1. The van der Waals surface area contributed by atoms with Crippen molar-refractivity contribution < 1.29 is 4.74 Å². The topological polar surface area (TPSA) is 47.0 Å². The number of nitrogens with zero attached hydrogens (tertiary/aromatic N) is 2. The molecule has 0 unspecified atom stereocenters. The monoisotopic (exact) mass is 233 g/mol. The molecule has 1 saturated carbocycles. The number of aromatic nitrogens is 2. The van der Waals surface area contributed by atoms with Crippen LogP contribution in [0.5, 0.6) is 0 Å². The van der Waals surface area contributed by atoms with E-state index in [1.54, 1.807) is 18.6 Å². The Bertz CT molecular complexity index is 362. The van der Waals surface area contributed by atoms with Gasteiger partial charge in [0, 0.05) is 25.0 Å². The van der Waals surface area contributed by atoms with Crippen LogP contribution in [0.4, 0.5) is 5.82 Å². The molecule has 1 aliphatic heterocycles. The van der Waals surface area contributed by atoms with E-state index in [2.05, 4.69) is 15.3 Å². The van der Waals surface area contributed by atoms with Crippen molar-refractivity contribution in [1.82, 2.24) is 9.97 Å². The molecule has 1 spiro atoms. The van der Waals surface area contributed by atoms with Crippen molar-refractivity contribution in [3.8, 4) is 0 Å². The van der Waals surface area contributed by atoms with E-state index >= 15 is 0 Å². The zero-order chi connectivity index (χ0) is 11.6. The van der Waals surface area contributed by atoms with Crippen LogP contribution in [0.25, 0.3) is 0 Å². The summed E-state index contributed by atoms with van der Waals surface area (Å²) < 4.78 is 6.02. The van der Waals surface area contributed by atoms with Crippen molar-refractivity contribution in [2.45, 2.75) is 50.2 Å². The molecule has 1 N–H and O–H groups in total. The van der Waals surface area contributed by atoms with Gasteiger partial charge in [-0.05, 0) is 25.7 Å². The summed E-state index contributed by atoms with van der Waals surface area (Å²) in [4.78, 5) is 8.36. The van der Waals surface area contributed by atoms with E-state index in [4.69, 9.17) is 4.74 Å². The zero-order valence-electron chi connectivity index (χ0n) is 10.1. The van der Waals surface area contributed by atoms with Gasteiger partial charge in [-0.2, -0.15) is 0 Å². The molecule has 17 heavy (non-hydrogen) atoms. The molecule has 2 fully saturated rings. The molecule has 0 amide bonds. The van der Waals surface area contributed by atoms with Crippen LogP contribution in [0.2, 0.25) is 0 Å². The SMILES string of the molecule is c1cnc(N[C@H]2CCOC3(CCCC3)C2)cn1. The largest absolute Gasteiger partial charge is 0.375 e. The van der Waals surface area contributed by atoms with Crippen LogP contribution < -0.4 is 5.32 Å². The Balaban J connectivity index is 1.64. The van der Waals surface area contributed by atoms with Crippen molar-refractivity contribution in [3.05, 3.63) is 18.6 Å². The lowest BCUT2D eigenvalue weighted by atomic mass is 9.89. The van der Waals surface area contributed by atoms with Crippen molar-refractivity contribution >= 4 is 5.82 Å². The van der Waals surface area contributed by atoms with Crippen LogP contribution in [0.1, 0.15) is 38.5 Å². The van der Waals surface area contributed by atoms with Gasteiger partial charge in [-0.15, -0.1) is 0 Å². The second-order valence-corrected chi connectivity index (χ2v) is 5.16. The summed E-state index contributed by atoms with van der Waals surface area (Å²) in [5, 5.41) is 3.48. The van der Waals surface area contributed by atoms with E-state index in [0.29, 0.717) is 6.04 Å². The maximum Gasteiger partial charge on any atom is 0.144 e. The van der Waals surface area contributed by atoms with Crippen LogP contribution in [0.3, 0.4) is 0 Å². The van der Waals surface area contributed by atoms with Crippen LogP contribution in [0, 0.1) is 0 Å². The predicted octanol–water partition coefficient (Wildman–Crippen LogP) is 2.38. The van der Waals surface area contributed by atoms with Crippen molar-refractivity contribution in [1.29, 1.82) is 0 Å². The summed E-state index contributed by atoms with van der Waals surface area (Å²) in [5.74, 6) is 0.882. The van der Waals surface area contributed by atoms with Gasteiger partial charge in [-0.25, -0.2) is 4.98 Å². The smallest absolute Gasteiger partial charge is 0.144 e. The maximum absolute atomic E-state index is 6.02. The number of hydrogen-bond donors (Lipinski definition) is 1. The summed E-state index contributed by atoms with van der Waals surface area (Å²) in [7, 11) is 0. The molecule has 1 aromatic heterocycles.